The van der Waals surface area contributed by atoms with Gasteiger partial charge in [0.1, 0.15) is 0 Å². The second kappa shape index (κ2) is 8.31. The molecule has 1 N–H and O–H groups in total. The smallest absolute Gasteiger partial charge is 0.297 e. The average Bonchev–Trinajstić information content (AvgIpc) is 2.56. The fourth-order valence-electron chi connectivity index (χ4n) is 2.74. The maximum absolute atomic E-state index is 12.4. The van der Waals surface area contributed by atoms with Gasteiger partial charge in [0.05, 0.1) is 11.5 Å². The molecule has 0 amide bonds. The van der Waals surface area contributed by atoms with Crippen LogP contribution in [0, 0.1) is 0 Å². The van der Waals surface area contributed by atoms with Gasteiger partial charge in [0, 0.05) is 24.2 Å². The number of aromatic amines is 1. The lowest BCUT2D eigenvalue weighted by Gasteiger charge is -2.24. The highest BCUT2D eigenvalue weighted by Gasteiger charge is 2.27. The van der Waals surface area contributed by atoms with E-state index >= 15 is 0 Å². The minimum Gasteiger partial charge on any atom is -0.297 e. The quantitative estimate of drug-likeness (QED) is 0.713. The number of nitrogens with one attached hydrogen (secondary N) is 1. The highest BCUT2D eigenvalue weighted by atomic mass is 32.2. The number of allylic oxidation sites excluding steroid dienone is 2. The molecular weight excluding hydrogens is 352 g/mol. The molecular formula is C19H24N2O4S. The molecule has 0 radical (unpaired) electrons. The van der Waals surface area contributed by atoms with E-state index in [0.29, 0.717) is 6.42 Å². The van der Waals surface area contributed by atoms with Crippen LogP contribution in [0.5, 0.6) is 0 Å². The van der Waals surface area contributed by atoms with E-state index in [1.807, 2.05) is 44.2 Å². The first-order chi connectivity index (χ1) is 12.2. The molecule has 26 heavy (non-hydrogen) atoms. The molecule has 0 saturated carbocycles. The third-order valence-electron chi connectivity index (χ3n) is 4.10. The third kappa shape index (κ3) is 5.84. The van der Waals surface area contributed by atoms with Crippen LogP contribution in [-0.4, -0.2) is 29.5 Å². The van der Waals surface area contributed by atoms with E-state index in [0.717, 1.165) is 5.56 Å². The fraction of sp³-hybridized carbons (Fsp3) is 0.368. The number of hydrogen-bond donors (Lipinski definition) is 1. The Balaban J connectivity index is 1.89. The van der Waals surface area contributed by atoms with Crippen molar-refractivity contribution in [3.05, 3.63) is 81.1 Å². The van der Waals surface area contributed by atoms with Crippen LogP contribution >= 0.6 is 0 Å². The van der Waals surface area contributed by atoms with Crippen LogP contribution < -0.4 is 11.2 Å². The predicted octanol–water partition coefficient (Wildman–Crippen LogP) is 1.88. The van der Waals surface area contributed by atoms with Gasteiger partial charge < -0.3 is 0 Å². The first-order valence-corrected chi connectivity index (χ1v) is 10.2. The van der Waals surface area contributed by atoms with E-state index < -0.39 is 26.5 Å². The van der Waals surface area contributed by atoms with E-state index in [2.05, 4.69) is 4.98 Å². The molecule has 0 aliphatic rings. The third-order valence-corrected chi connectivity index (χ3v) is 6.12. The zero-order chi connectivity index (χ0) is 19.2. The van der Waals surface area contributed by atoms with Crippen molar-refractivity contribution in [3.63, 3.8) is 0 Å². The lowest BCUT2D eigenvalue weighted by molar-refractivity contribution is 0.548. The van der Waals surface area contributed by atoms with Gasteiger partial charge in [-0.3, -0.25) is 14.3 Å². The number of nitrogens with zero attached hydrogens (tertiary/aromatic N) is 1. The van der Waals surface area contributed by atoms with Gasteiger partial charge in [-0.25, -0.2) is 13.2 Å². The lowest BCUT2D eigenvalue weighted by atomic mass is 9.87. The summed E-state index contributed by atoms with van der Waals surface area (Å²) in [6.07, 6.45) is 5.25. The molecule has 2 aromatic rings. The second-order valence-electron chi connectivity index (χ2n) is 6.86. The zero-order valence-electron chi connectivity index (χ0n) is 15.0. The molecule has 0 bridgehead atoms. The number of benzene rings is 1. The molecule has 1 aromatic heterocycles. The Morgan fingerprint density at radius 3 is 2.42 bits per heavy atom. The summed E-state index contributed by atoms with van der Waals surface area (Å²) in [5.74, 6) is 0.136. The molecule has 7 heteroatoms. The Morgan fingerprint density at radius 2 is 1.77 bits per heavy atom. The molecule has 0 aliphatic carbocycles. The van der Waals surface area contributed by atoms with Crippen molar-refractivity contribution in [2.24, 2.45) is 0 Å². The van der Waals surface area contributed by atoms with Gasteiger partial charge >= 0.3 is 5.69 Å². The summed E-state index contributed by atoms with van der Waals surface area (Å²) in [6, 6.07) is 10.9. The van der Waals surface area contributed by atoms with Crippen molar-refractivity contribution in [1.29, 1.82) is 0 Å². The van der Waals surface area contributed by atoms with E-state index in [1.165, 1.54) is 16.8 Å². The molecule has 0 atom stereocenters. The second-order valence-corrected chi connectivity index (χ2v) is 9.05. The van der Waals surface area contributed by atoms with Crippen molar-refractivity contribution < 1.29 is 8.42 Å². The minimum atomic E-state index is -3.21. The summed E-state index contributed by atoms with van der Waals surface area (Å²) in [5.41, 5.74) is -0.383. The molecule has 0 spiro atoms. The van der Waals surface area contributed by atoms with Crippen LogP contribution in [0.1, 0.15) is 25.8 Å². The summed E-state index contributed by atoms with van der Waals surface area (Å²) < 4.78 is 26.2. The molecule has 1 aromatic carbocycles. The molecule has 0 unspecified atom stereocenters. The first kappa shape index (κ1) is 19.9. The highest BCUT2D eigenvalue weighted by Crippen LogP contribution is 2.25. The number of aromatic nitrogens is 2. The maximum atomic E-state index is 12.4. The predicted molar refractivity (Wildman–Crippen MR) is 103 cm³/mol. The fourth-order valence-corrected chi connectivity index (χ4v) is 4.64. The summed E-state index contributed by atoms with van der Waals surface area (Å²) in [4.78, 5) is 24.7. The average molecular weight is 376 g/mol. The standard InChI is InChI=1S/C19H24N2O4S/c1-19(2,16-9-5-3-6-10-16)15-26(24,25)14-8-4-7-12-21-13-11-17(22)20-18(21)23/h3-7,9-11,13H,8,12,14-15H2,1-2H3,(H,20,22,23)/b7-4+. The molecule has 140 valence electrons. The van der Waals surface area contributed by atoms with Crippen molar-refractivity contribution >= 4 is 9.84 Å². The molecule has 0 saturated heterocycles. The lowest BCUT2D eigenvalue weighted by Crippen LogP contribution is -2.29. The summed E-state index contributed by atoms with van der Waals surface area (Å²) in [6.45, 7) is 4.14. The van der Waals surface area contributed by atoms with Gasteiger partial charge in [0.2, 0.25) is 0 Å². The Bertz CT molecular complexity index is 970. The van der Waals surface area contributed by atoms with Crippen LogP contribution in [0.4, 0.5) is 0 Å². The highest BCUT2D eigenvalue weighted by molar-refractivity contribution is 7.91. The Hall–Kier alpha value is -2.41. The number of sulfone groups is 1. The summed E-state index contributed by atoms with van der Waals surface area (Å²) >= 11 is 0. The Morgan fingerprint density at radius 1 is 1.08 bits per heavy atom. The first-order valence-electron chi connectivity index (χ1n) is 8.40. The maximum Gasteiger partial charge on any atom is 0.328 e. The molecule has 0 aliphatic heterocycles. The Kier molecular flexibility index (Phi) is 6.37. The normalized spacial score (nSPS) is 12.5. The van der Waals surface area contributed by atoms with Crippen LogP contribution in [0.25, 0.3) is 0 Å². The van der Waals surface area contributed by atoms with Crippen LogP contribution in [0.2, 0.25) is 0 Å². The van der Waals surface area contributed by atoms with Crippen molar-refractivity contribution in [2.45, 2.75) is 32.2 Å². The minimum absolute atomic E-state index is 0.0558. The topological polar surface area (TPSA) is 89.0 Å². The zero-order valence-corrected chi connectivity index (χ0v) is 15.8. The number of rotatable bonds is 8. The van der Waals surface area contributed by atoms with Crippen LogP contribution in [0.15, 0.2) is 64.3 Å². The van der Waals surface area contributed by atoms with Crippen LogP contribution in [-0.2, 0) is 21.8 Å². The number of hydrogen-bond acceptors (Lipinski definition) is 4. The van der Waals surface area contributed by atoms with Crippen LogP contribution in [0.3, 0.4) is 0 Å². The van der Waals surface area contributed by atoms with Gasteiger partial charge in [0.15, 0.2) is 9.84 Å². The van der Waals surface area contributed by atoms with Gasteiger partial charge in [-0.1, -0.05) is 56.3 Å². The number of H-pyrrole nitrogens is 1. The van der Waals surface area contributed by atoms with E-state index in [1.54, 1.807) is 12.2 Å². The largest absolute Gasteiger partial charge is 0.328 e. The molecule has 0 fully saturated rings. The van der Waals surface area contributed by atoms with Gasteiger partial charge in [-0.15, -0.1) is 0 Å². The van der Waals surface area contributed by atoms with E-state index in [9.17, 15) is 18.0 Å². The van der Waals surface area contributed by atoms with Crippen molar-refractivity contribution in [3.8, 4) is 0 Å². The Labute approximate surface area is 153 Å². The SMILES string of the molecule is CC(C)(CS(=O)(=O)CC/C=C/Cn1ccc(=O)[nH]c1=O)c1ccccc1. The van der Waals surface area contributed by atoms with Crippen molar-refractivity contribution in [2.75, 3.05) is 11.5 Å². The summed E-state index contributed by atoms with van der Waals surface area (Å²) in [5, 5.41) is 0. The van der Waals surface area contributed by atoms with Gasteiger partial charge in [0.25, 0.3) is 5.56 Å². The monoisotopic (exact) mass is 376 g/mol. The van der Waals surface area contributed by atoms with Gasteiger partial charge in [-0.2, -0.15) is 0 Å². The van der Waals surface area contributed by atoms with Gasteiger partial charge in [-0.05, 0) is 12.0 Å². The van der Waals surface area contributed by atoms with E-state index in [-0.39, 0.29) is 18.1 Å². The molecule has 6 nitrogen and oxygen atoms in total. The van der Waals surface area contributed by atoms with E-state index in [4.69, 9.17) is 0 Å². The summed E-state index contributed by atoms with van der Waals surface area (Å²) in [7, 11) is -3.21. The molecule has 2 rings (SSSR count). The molecule has 1 heterocycles. The van der Waals surface area contributed by atoms with Crippen molar-refractivity contribution in [1.82, 2.24) is 9.55 Å².